The van der Waals surface area contributed by atoms with Gasteiger partial charge >= 0.3 is 6.09 Å². The van der Waals surface area contributed by atoms with E-state index in [-0.39, 0.29) is 19.3 Å². The van der Waals surface area contributed by atoms with Crippen molar-refractivity contribution in [2.24, 2.45) is 0 Å². The predicted octanol–water partition coefficient (Wildman–Crippen LogP) is 2.09. The van der Waals surface area contributed by atoms with Gasteiger partial charge < -0.3 is 29.3 Å². The molecule has 2 aromatic rings. The van der Waals surface area contributed by atoms with Gasteiger partial charge in [0.05, 0.1) is 0 Å². The van der Waals surface area contributed by atoms with Gasteiger partial charge in [0, 0.05) is 38.9 Å². The normalized spacial score (nSPS) is 15.2. The average Bonchev–Trinajstić information content (AvgIpc) is 3.25. The number of piperazine rings is 1. The summed E-state index contributed by atoms with van der Waals surface area (Å²) in [5, 5.41) is 2.42. The summed E-state index contributed by atoms with van der Waals surface area (Å²) in [5.41, 5.74) is 3.28. The van der Waals surface area contributed by atoms with E-state index in [1.807, 2.05) is 18.2 Å². The Balaban J connectivity index is 1.33. The molecular weight excluding hydrogens is 374 g/mol. The summed E-state index contributed by atoms with van der Waals surface area (Å²) in [5.74, 6) is 1.22. The number of carbonyl (C=O) groups excluding carboxylic acids is 2. The standard InChI is InChI=1S/C21H23N3O5/c1-22-20(25)13-27-21(26)24-10-8-23(9-11-24)17-5-2-15(3-6-17)16-4-7-18-19(12-16)29-14-28-18/h2-7,12H,8-11,13-14H2,1H3,(H,22,25). The molecule has 29 heavy (non-hydrogen) atoms. The van der Waals surface area contributed by atoms with Gasteiger partial charge in [0.15, 0.2) is 18.1 Å². The Morgan fingerprint density at radius 3 is 2.38 bits per heavy atom. The number of benzene rings is 2. The maximum absolute atomic E-state index is 12.0. The van der Waals surface area contributed by atoms with Gasteiger partial charge in [0.2, 0.25) is 6.79 Å². The fourth-order valence-electron chi connectivity index (χ4n) is 3.38. The van der Waals surface area contributed by atoms with Gasteiger partial charge in [-0.25, -0.2) is 4.79 Å². The van der Waals surface area contributed by atoms with E-state index in [9.17, 15) is 9.59 Å². The third kappa shape index (κ3) is 4.21. The number of hydrogen-bond donors (Lipinski definition) is 1. The van der Waals surface area contributed by atoms with E-state index >= 15 is 0 Å². The quantitative estimate of drug-likeness (QED) is 0.851. The fourth-order valence-corrected chi connectivity index (χ4v) is 3.38. The van der Waals surface area contributed by atoms with Crippen molar-refractivity contribution < 1.29 is 23.8 Å². The summed E-state index contributed by atoms with van der Waals surface area (Å²) < 4.78 is 15.8. The van der Waals surface area contributed by atoms with Crippen molar-refractivity contribution in [2.45, 2.75) is 0 Å². The molecule has 152 valence electrons. The molecule has 0 aliphatic carbocycles. The molecule has 0 aromatic heterocycles. The Bertz CT molecular complexity index is 892. The van der Waals surface area contributed by atoms with Gasteiger partial charge in [0.25, 0.3) is 5.91 Å². The van der Waals surface area contributed by atoms with E-state index in [0.717, 1.165) is 28.3 Å². The minimum atomic E-state index is -0.452. The lowest BCUT2D eigenvalue weighted by molar-refractivity contribution is -0.123. The molecule has 2 aromatic carbocycles. The summed E-state index contributed by atoms with van der Waals surface area (Å²) in [4.78, 5) is 27.1. The van der Waals surface area contributed by atoms with Crippen molar-refractivity contribution in [2.75, 3.05) is 51.5 Å². The first-order valence-corrected chi connectivity index (χ1v) is 9.51. The van der Waals surface area contributed by atoms with Crippen molar-refractivity contribution >= 4 is 17.7 Å². The number of anilines is 1. The summed E-state index contributed by atoms with van der Waals surface area (Å²) >= 11 is 0. The van der Waals surface area contributed by atoms with Crippen LogP contribution in [0.4, 0.5) is 10.5 Å². The lowest BCUT2D eigenvalue weighted by atomic mass is 10.0. The second-order valence-corrected chi connectivity index (χ2v) is 6.82. The zero-order chi connectivity index (χ0) is 20.2. The first-order chi connectivity index (χ1) is 14.1. The minimum absolute atomic E-state index is 0.253. The second-order valence-electron chi connectivity index (χ2n) is 6.82. The van der Waals surface area contributed by atoms with E-state index in [1.165, 1.54) is 7.05 Å². The number of fused-ring (bicyclic) bond motifs is 1. The molecule has 0 atom stereocenters. The third-order valence-electron chi connectivity index (χ3n) is 5.08. The van der Waals surface area contributed by atoms with Crippen LogP contribution in [0.5, 0.6) is 11.5 Å². The average molecular weight is 397 g/mol. The highest BCUT2D eigenvalue weighted by Gasteiger charge is 2.23. The molecule has 0 unspecified atom stereocenters. The monoisotopic (exact) mass is 397 g/mol. The van der Waals surface area contributed by atoms with Crippen molar-refractivity contribution in [1.29, 1.82) is 0 Å². The second kappa shape index (κ2) is 8.30. The smallest absolute Gasteiger partial charge is 0.410 e. The number of likely N-dealkylation sites (N-methyl/N-ethyl adjacent to an activating group) is 1. The zero-order valence-corrected chi connectivity index (χ0v) is 16.2. The van der Waals surface area contributed by atoms with Crippen LogP contribution < -0.4 is 19.7 Å². The highest BCUT2D eigenvalue weighted by Crippen LogP contribution is 2.36. The van der Waals surface area contributed by atoms with Crippen LogP contribution in [0.2, 0.25) is 0 Å². The highest BCUT2D eigenvalue weighted by molar-refractivity contribution is 5.80. The minimum Gasteiger partial charge on any atom is -0.454 e. The maximum atomic E-state index is 12.0. The van der Waals surface area contributed by atoms with Crippen LogP contribution in [0.3, 0.4) is 0 Å². The molecule has 2 aliphatic heterocycles. The molecule has 1 fully saturated rings. The van der Waals surface area contributed by atoms with Crippen LogP contribution in [0.15, 0.2) is 42.5 Å². The van der Waals surface area contributed by atoms with Crippen molar-refractivity contribution in [3.05, 3.63) is 42.5 Å². The van der Waals surface area contributed by atoms with Gasteiger partial charge in [-0.15, -0.1) is 0 Å². The number of ether oxygens (including phenoxy) is 3. The summed E-state index contributed by atoms with van der Waals surface area (Å²) in [6.07, 6.45) is -0.452. The van der Waals surface area contributed by atoms with Crippen LogP contribution in [-0.2, 0) is 9.53 Å². The van der Waals surface area contributed by atoms with Crippen LogP contribution in [0.25, 0.3) is 11.1 Å². The SMILES string of the molecule is CNC(=O)COC(=O)N1CCN(c2ccc(-c3ccc4c(c3)OCO4)cc2)CC1. The topological polar surface area (TPSA) is 80.3 Å². The van der Waals surface area contributed by atoms with Gasteiger partial charge in [0.1, 0.15) is 0 Å². The number of nitrogens with zero attached hydrogens (tertiary/aromatic N) is 2. The number of rotatable bonds is 4. The van der Waals surface area contributed by atoms with Gasteiger partial charge in [-0.05, 0) is 35.4 Å². The molecule has 8 heteroatoms. The molecular formula is C21H23N3O5. The largest absolute Gasteiger partial charge is 0.454 e. The molecule has 8 nitrogen and oxygen atoms in total. The number of nitrogens with one attached hydrogen (secondary N) is 1. The molecule has 0 bridgehead atoms. The van der Waals surface area contributed by atoms with E-state index in [0.29, 0.717) is 26.2 Å². The molecule has 0 spiro atoms. The maximum Gasteiger partial charge on any atom is 0.410 e. The first-order valence-electron chi connectivity index (χ1n) is 9.51. The molecule has 2 amide bonds. The van der Waals surface area contributed by atoms with Crippen LogP contribution in [-0.4, -0.2) is 63.5 Å². The molecule has 1 saturated heterocycles. The van der Waals surface area contributed by atoms with E-state index < -0.39 is 6.09 Å². The third-order valence-corrected chi connectivity index (χ3v) is 5.08. The summed E-state index contributed by atoms with van der Waals surface area (Å²) in [6, 6.07) is 14.3. The fraction of sp³-hybridized carbons (Fsp3) is 0.333. The Labute approximate surface area is 168 Å². The lowest BCUT2D eigenvalue weighted by Crippen LogP contribution is -2.49. The van der Waals surface area contributed by atoms with Gasteiger partial charge in [-0.2, -0.15) is 0 Å². The Kier molecular flexibility index (Phi) is 5.41. The molecule has 0 saturated carbocycles. The summed E-state index contributed by atoms with van der Waals surface area (Å²) in [6.45, 7) is 2.53. The van der Waals surface area contributed by atoms with Crippen molar-refractivity contribution in [3.8, 4) is 22.6 Å². The number of carbonyl (C=O) groups is 2. The lowest BCUT2D eigenvalue weighted by Gasteiger charge is -2.35. The zero-order valence-electron chi connectivity index (χ0n) is 16.2. The Morgan fingerprint density at radius 2 is 1.66 bits per heavy atom. The molecule has 2 heterocycles. The van der Waals surface area contributed by atoms with Crippen LogP contribution in [0, 0.1) is 0 Å². The van der Waals surface area contributed by atoms with E-state index in [1.54, 1.807) is 4.90 Å². The van der Waals surface area contributed by atoms with Gasteiger partial charge in [-0.3, -0.25) is 4.79 Å². The summed E-state index contributed by atoms with van der Waals surface area (Å²) in [7, 11) is 1.51. The molecule has 4 rings (SSSR count). The Hall–Kier alpha value is -3.42. The van der Waals surface area contributed by atoms with Crippen molar-refractivity contribution in [1.82, 2.24) is 10.2 Å². The van der Waals surface area contributed by atoms with Crippen LogP contribution in [0.1, 0.15) is 0 Å². The highest BCUT2D eigenvalue weighted by atomic mass is 16.7. The van der Waals surface area contributed by atoms with Gasteiger partial charge in [-0.1, -0.05) is 18.2 Å². The molecule has 0 radical (unpaired) electrons. The van der Waals surface area contributed by atoms with Crippen molar-refractivity contribution in [3.63, 3.8) is 0 Å². The number of hydrogen-bond acceptors (Lipinski definition) is 6. The Morgan fingerprint density at radius 1 is 0.966 bits per heavy atom. The van der Waals surface area contributed by atoms with Crippen LogP contribution >= 0.6 is 0 Å². The predicted molar refractivity (Wildman–Crippen MR) is 107 cm³/mol. The molecule has 2 aliphatic rings. The number of amides is 2. The van der Waals surface area contributed by atoms with E-state index in [2.05, 4.69) is 34.5 Å². The molecule has 1 N–H and O–H groups in total. The van der Waals surface area contributed by atoms with E-state index in [4.69, 9.17) is 14.2 Å². The first kappa shape index (κ1) is 18.9.